The third-order valence-corrected chi connectivity index (χ3v) is 6.43. The quantitative estimate of drug-likeness (QED) is 0.861. The van der Waals surface area contributed by atoms with Gasteiger partial charge < -0.3 is 5.11 Å². The van der Waals surface area contributed by atoms with Gasteiger partial charge in [-0.05, 0) is 36.0 Å². The largest absolute Gasteiger partial charge is 0.383 e. The van der Waals surface area contributed by atoms with Gasteiger partial charge in [-0.1, -0.05) is 54.6 Å². The zero-order valence-electron chi connectivity index (χ0n) is 14.5. The van der Waals surface area contributed by atoms with Crippen LogP contribution in [0.25, 0.3) is 11.1 Å². The SMILES string of the molecule is CN(C)S(=O)(=O)NC1CCCC1(O)c1ccc(-c2ccccc2)cc1. The Bertz CT molecular complexity index is 820. The average Bonchev–Trinajstić information content (AvgIpc) is 2.97. The van der Waals surface area contributed by atoms with E-state index in [4.69, 9.17) is 0 Å². The zero-order chi connectivity index (χ0) is 18.1. The molecule has 0 aromatic heterocycles. The van der Waals surface area contributed by atoms with E-state index in [-0.39, 0.29) is 0 Å². The van der Waals surface area contributed by atoms with E-state index >= 15 is 0 Å². The smallest absolute Gasteiger partial charge is 0.279 e. The first-order chi connectivity index (χ1) is 11.8. The lowest BCUT2D eigenvalue weighted by atomic mass is 9.88. The first-order valence-electron chi connectivity index (χ1n) is 8.41. The van der Waals surface area contributed by atoms with Crippen molar-refractivity contribution < 1.29 is 13.5 Å². The maximum atomic E-state index is 12.1. The highest BCUT2D eigenvalue weighted by atomic mass is 32.2. The molecule has 1 aliphatic rings. The van der Waals surface area contributed by atoms with Crippen LogP contribution >= 0.6 is 0 Å². The number of aliphatic hydroxyl groups is 1. The number of nitrogens with zero attached hydrogens (tertiary/aromatic N) is 1. The number of hydrogen-bond donors (Lipinski definition) is 2. The Balaban J connectivity index is 1.86. The number of hydrogen-bond acceptors (Lipinski definition) is 3. The maximum absolute atomic E-state index is 12.1. The molecule has 2 atom stereocenters. The van der Waals surface area contributed by atoms with E-state index in [9.17, 15) is 13.5 Å². The standard InChI is InChI=1S/C19H24N2O3S/c1-21(2)25(23,24)20-18-9-6-14-19(18,22)17-12-10-16(11-13-17)15-7-4-3-5-8-15/h3-5,7-8,10-13,18,20,22H,6,9,14H2,1-2H3. The second kappa shape index (κ2) is 6.88. The highest BCUT2D eigenvalue weighted by Gasteiger charge is 2.44. The summed E-state index contributed by atoms with van der Waals surface area (Å²) < 4.78 is 28.1. The van der Waals surface area contributed by atoms with Crippen molar-refractivity contribution in [1.29, 1.82) is 0 Å². The summed E-state index contributed by atoms with van der Waals surface area (Å²) in [5, 5.41) is 11.2. The molecule has 0 radical (unpaired) electrons. The minimum Gasteiger partial charge on any atom is -0.383 e. The Labute approximate surface area is 149 Å². The van der Waals surface area contributed by atoms with Crippen molar-refractivity contribution in [3.05, 3.63) is 60.2 Å². The van der Waals surface area contributed by atoms with Gasteiger partial charge in [0.25, 0.3) is 10.2 Å². The van der Waals surface area contributed by atoms with Crippen molar-refractivity contribution in [3.8, 4) is 11.1 Å². The third-order valence-electron chi connectivity index (χ3n) is 4.89. The molecule has 1 fully saturated rings. The van der Waals surface area contributed by atoms with Gasteiger partial charge in [0, 0.05) is 14.1 Å². The topological polar surface area (TPSA) is 69.6 Å². The molecule has 1 aliphatic carbocycles. The maximum Gasteiger partial charge on any atom is 0.279 e. The number of nitrogens with one attached hydrogen (secondary N) is 1. The highest BCUT2D eigenvalue weighted by molar-refractivity contribution is 7.87. The van der Waals surface area contributed by atoms with Gasteiger partial charge in [0.15, 0.2) is 0 Å². The monoisotopic (exact) mass is 360 g/mol. The first kappa shape index (κ1) is 18.1. The van der Waals surface area contributed by atoms with Gasteiger partial charge in [-0.3, -0.25) is 0 Å². The summed E-state index contributed by atoms with van der Waals surface area (Å²) in [6.07, 6.45) is 1.93. The van der Waals surface area contributed by atoms with Crippen LogP contribution in [-0.2, 0) is 15.8 Å². The van der Waals surface area contributed by atoms with Crippen LogP contribution in [0.5, 0.6) is 0 Å². The van der Waals surface area contributed by atoms with Crippen molar-refractivity contribution in [3.63, 3.8) is 0 Å². The van der Waals surface area contributed by atoms with Crippen LogP contribution in [0, 0.1) is 0 Å². The van der Waals surface area contributed by atoms with Crippen molar-refractivity contribution in [1.82, 2.24) is 9.03 Å². The van der Waals surface area contributed by atoms with Crippen LogP contribution in [-0.4, -0.2) is 38.0 Å². The number of benzene rings is 2. The molecule has 0 saturated heterocycles. The predicted octanol–water partition coefficient (Wildman–Crippen LogP) is 2.49. The molecule has 2 aromatic rings. The van der Waals surface area contributed by atoms with Crippen molar-refractivity contribution in [2.75, 3.05) is 14.1 Å². The van der Waals surface area contributed by atoms with Gasteiger partial charge in [0.1, 0.15) is 5.60 Å². The van der Waals surface area contributed by atoms with Gasteiger partial charge in [-0.2, -0.15) is 17.4 Å². The number of rotatable bonds is 5. The molecule has 0 heterocycles. The normalized spacial score (nSPS) is 23.9. The third kappa shape index (κ3) is 3.62. The second-order valence-corrected chi connectivity index (χ2v) is 8.63. The molecule has 0 aliphatic heterocycles. The van der Waals surface area contributed by atoms with Crippen LogP contribution in [0.15, 0.2) is 54.6 Å². The van der Waals surface area contributed by atoms with Gasteiger partial charge in [0.05, 0.1) is 6.04 Å². The summed E-state index contributed by atoms with van der Waals surface area (Å²) in [6, 6.07) is 17.2. The van der Waals surface area contributed by atoms with E-state index < -0.39 is 21.9 Å². The van der Waals surface area contributed by atoms with E-state index in [2.05, 4.69) is 4.72 Å². The molecule has 25 heavy (non-hydrogen) atoms. The van der Waals surface area contributed by atoms with Gasteiger partial charge in [-0.25, -0.2) is 0 Å². The molecule has 3 rings (SSSR count). The van der Waals surface area contributed by atoms with Crippen LogP contribution in [0.3, 0.4) is 0 Å². The van der Waals surface area contributed by atoms with Crippen LogP contribution in [0.2, 0.25) is 0 Å². The lowest BCUT2D eigenvalue weighted by Gasteiger charge is -2.32. The summed E-state index contributed by atoms with van der Waals surface area (Å²) in [7, 11) is -0.634. The summed E-state index contributed by atoms with van der Waals surface area (Å²) in [6.45, 7) is 0. The Morgan fingerprint density at radius 2 is 1.64 bits per heavy atom. The molecule has 2 unspecified atom stereocenters. The Kier molecular flexibility index (Phi) is 4.97. The molecular formula is C19H24N2O3S. The van der Waals surface area contributed by atoms with Gasteiger partial charge in [0.2, 0.25) is 0 Å². The molecule has 2 N–H and O–H groups in total. The minimum atomic E-state index is -3.59. The Morgan fingerprint density at radius 3 is 2.24 bits per heavy atom. The second-order valence-electron chi connectivity index (χ2n) is 6.72. The highest BCUT2D eigenvalue weighted by Crippen LogP contribution is 2.40. The molecule has 0 bridgehead atoms. The van der Waals surface area contributed by atoms with Gasteiger partial charge >= 0.3 is 0 Å². The molecule has 134 valence electrons. The molecule has 2 aromatic carbocycles. The zero-order valence-corrected chi connectivity index (χ0v) is 15.3. The van der Waals surface area contributed by atoms with Crippen molar-refractivity contribution in [2.45, 2.75) is 30.9 Å². The van der Waals surface area contributed by atoms with E-state index in [0.717, 1.165) is 27.4 Å². The minimum absolute atomic E-state index is 0.525. The lowest BCUT2D eigenvalue weighted by molar-refractivity contribution is 0.0227. The Morgan fingerprint density at radius 1 is 1.04 bits per heavy atom. The fourth-order valence-corrected chi connectivity index (χ4v) is 4.24. The van der Waals surface area contributed by atoms with E-state index in [1.807, 2.05) is 54.6 Å². The molecule has 5 nitrogen and oxygen atoms in total. The molecule has 6 heteroatoms. The van der Waals surface area contributed by atoms with Crippen LogP contribution in [0.1, 0.15) is 24.8 Å². The van der Waals surface area contributed by atoms with Gasteiger partial charge in [-0.15, -0.1) is 0 Å². The van der Waals surface area contributed by atoms with Crippen molar-refractivity contribution >= 4 is 10.2 Å². The van der Waals surface area contributed by atoms with E-state index in [1.54, 1.807) is 0 Å². The molecule has 0 amide bonds. The predicted molar refractivity (Wildman–Crippen MR) is 99.2 cm³/mol. The fourth-order valence-electron chi connectivity index (χ4n) is 3.36. The molecular weight excluding hydrogens is 336 g/mol. The first-order valence-corrected chi connectivity index (χ1v) is 9.85. The average molecular weight is 360 g/mol. The molecule has 0 spiro atoms. The summed E-state index contributed by atoms with van der Waals surface area (Å²) in [4.78, 5) is 0. The van der Waals surface area contributed by atoms with Crippen LogP contribution in [0.4, 0.5) is 0 Å². The Hall–Kier alpha value is -1.73. The lowest BCUT2D eigenvalue weighted by Crippen LogP contribution is -2.50. The van der Waals surface area contributed by atoms with E-state index in [1.165, 1.54) is 14.1 Å². The molecule has 1 saturated carbocycles. The van der Waals surface area contributed by atoms with Crippen LogP contribution < -0.4 is 4.72 Å². The summed E-state index contributed by atoms with van der Waals surface area (Å²) in [5.74, 6) is 0. The fraction of sp³-hybridized carbons (Fsp3) is 0.368. The summed E-state index contributed by atoms with van der Waals surface area (Å²) in [5.41, 5.74) is 1.74. The van der Waals surface area contributed by atoms with E-state index in [0.29, 0.717) is 12.8 Å². The van der Waals surface area contributed by atoms with Crippen molar-refractivity contribution in [2.24, 2.45) is 0 Å². The summed E-state index contributed by atoms with van der Waals surface area (Å²) >= 11 is 0.